The standard InChI is InChI=1S/C17H20N2O2/c18-11-12-19(13-14-7-3-1-4-8-14)17(21)16(20)15-9-5-2-6-10-15/h1-10,16,20H,11-13,18H2. The van der Waals surface area contributed by atoms with E-state index >= 15 is 0 Å². The molecule has 2 aromatic carbocycles. The van der Waals surface area contributed by atoms with Gasteiger partial charge in [-0.05, 0) is 11.1 Å². The van der Waals surface area contributed by atoms with Crippen molar-refractivity contribution >= 4 is 5.91 Å². The van der Waals surface area contributed by atoms with E-state index < -0.39 is 6.10 Å². The normalized spacial score (nSPS) is 11.9. The molecule has 4 heteroatoms. The Bertz CT molecular complexity index is 558. The third kappa shape index (κ3) is 4.15. The van der Waals surface area contributed by atoms with Crippen molar-refractivity contribution in [2.75, 3.05) is 13.1 Å². The smallest absolute Gasteiger partial charge is 0.256 e. The molecule has 4 nitrogen and oxygen atoms in total. The Morgan fingerprint density at radius 3 is 2.19 bits per heavy atom. The first kappa shape index (κ1) is 15.2. The van der Waals surface area contributed by atoms with Crippen molar-refractivity contribution in [3.63, 3.8) is 0 Å². The minimum atomic E-state index is -1.15. The van der Waals surface area contributed by atoms with Crippen LogP contribution in [0.2, 0.25) is 0 Å². The summed E-state index contributed by atoms with van der Waals surface area (Å²) in [5, 5.41) is 10.2. The van der Waals surface area contributed by atoms with Crippen LogP contribution < -0.4 is 5.73 Å². The SMILES string of the molecule is NCCN(Cc1ccccc1)C(=O)C(O)c1ccccc1. The van der Waals surface area contributed by atoms with Gasteiger partial charge in [-0.2, -0.15) is 0 Å². The first-order chi connectivity index (χ1) is 10.2. The van der Waals surface area contributed by atoms with Crippen LogP contribution >= 0.6 is 0 Å². The van der Waals surface area contributed by atoms with E-state index in [0.29, 0.717) is 25.2 Å². The van der Waals surface area contributed by atoms with E-state index in [4.69, 9.17) is 5.73 Å². The molecule has 2 aromatic rings. The predicted molar refractivity (Wildman–Crippen MR) is 82.3 cm³/mol. The van der Waals surface area contributed by atoms with Gasteiger partial charge in [0.1, 0.15) is 0 Å². The molecule has 0 aliphatic carbocycles. The summed E-state index contributed by atoms with van der Waals surface area (Å²) in [6.07, 6.45) is -1.15. The molecule has 1 atom stereocenters. The Balaban J connectivity index is 2.12. The van der Waals surface area contributed by atoms with Gasteiger partial charge in [0.05, 0.1) is 0 Å². The van der Waals surface area contributed by atoms with Gasteiger partial charge in [0.2, 0.25) is 0 Å². The maximum Gasteiger partial charge on any atom is 0.256 e. The zero-order valence-corrected chi connectivity index (χ0v) is 11.9. The molecule has 0 fully saturated rings. The highest BCUT2D eigenvalue weighted by atomic mass is 16.3. The van der Waals surface area contributed by atoms with Gasteiger partial charge in [0.15, 0.2) is 6.10 Å². The molecule has 0 spiro atoms. The molecule has 110 valence electrons. The zero-order valence-electron chi connectivity index (χ0n) is 11.9. The fourth-order valence-electron chi connectivity index (χ4n) is 2.18. The number of carbonyl (C=O) groups is 1. The Hall–Kier alpha value is -2.17. The average molecular weight is 284 g/mol. The third-order valence-corrected chi connectivity index (χ3v) is 3.28. The van der Waals surface area contributed by atoms with Crippen LogP contribution in [0.5, 0.6) is 0 Å². The monoisotopic (exact) mass is 284 g/mol. The lowest BCUT2D eigenvalue weighted by Crippen LogP contribution is -2.38. The minimum Gasteiger partial charge on any atom is -0.378 e. The van der Waals surface area contributed by atoms with E-state index in [1.165, 1.54) is 0 Å². The maximum atomic E-state index is 12.5. The lowest BCUT2D eigenvalue weighted by molar-refractivity contribution is -0.141. The molecule has 2 rings (SSSR count). The van der Waals surface area contributed by atoms with Crippen molar-refractivity contribution < 1.29 is 9.90 Å². The summed E-state index contributed by atoms with van der Waals surface area (Å²) in [5.41, 5.74) is 7.19. The highest BCUT2D eigenvalue weighted by Crippen LogP contribution is 2.16. The number of hydrogen-bond acceptors (Lipinski definition) is 3. The maximum absolute atomic E-state index is 12.5. The number of aliphatic hydroxyl groups excluding tert-OH is 1. The molecule has 0 aliphatic heterocycles. The van der Waals surface area contributed by atoms with Gasteiger partial charge in [-0.15, -0.1) is 0 Å². The number of nitrogens with two attached hydrogens (primary N) is 1. The number of aliphatic hydroxyl groups is 1. The zero-order chi connectivity index (χ0) is 15.1. The summed E-state index contributed by atoms with van der Waals surface area (Å²) in [5.74, 6) is -0.324. The van der Waals surface area contributed by atoms with Crippen molar-refractivity contribution in [2.24, 2.45) is 5.73 Å². The molecular weight excluding hydrogens is 264 g/mol. The van der Waals surface area contributed by atoms with E-state index in [-0.39, 0.29) is 5.91 Å². The molecule has 0 radical (unpaired) electrons. The van der Waals surface area contributed by atoms with Crippen LogP contribution in [0.4, 0.5) is 0 Å². The number of amides is 1. The van der Waals surface area contributed by atoms with Crippen LogP contribution in [-0.4, -0.2) is 29.0 Å². The first-order valence-electron chi connectivity index (χ1n) is 6.98. The van der Waals surface area contributed by atoms with Crippen LogP contribution in [0.3, 0.4) is 0 Å². The Morgan fingerprint density at radius 2 is 1.62 bits per heavy atom. The van der Waals surface area contributed by atoms with Gasteiger partial charge in [0.25, 0.3) is 5.91 Å². The predicted octanol–water partition coefficient (Wildman–Crippen LogP) is 1.71. The second-order valence-electron chi connectivity index (χ2n) is 4.85. The Kier molecular flexibility index (Phi) is 5.49. The summed E-state index contributed by atoms with van der Waals surface area (Å²) >= 11 is 0. The quantitative estimate of drug-likeness (QED) is 0.848. The molecule has 0 heterocycles. The largest absolute Gasteiger partial charge is 0.378 e. The van der Waals surface area contributed by atoms with E-state index in [1.807, 2.05) is 36.4 Å². The van der Waals surface area contributed by atoms with E-state index in [0.717, 1.165) is 5.56 Å². The molecule has 0 aromatic heterocycles. The van der Waals surface area contributed by atoms with Crippen molar-refractivity contribution in [1.82, 2.24) is 4.90 Å². The molecular formula is C17H20N2O2. The van der Waals surface area contributed by atoms with Gasteiger partial charge >= 0.3 is 0 Å². The molecule has 0 aliphatic rings. The van der Waals surface area contributed by atoms with Crippen LogP contribution in [0.25, 0.3) is 0 Å². The van der Waals surface area contributed by atoms with E-state index in [2.05, 4.69) is 0 Å². The molecule has 3 N–H and O–H groups in total. The summed E-state index contributed by atoms with van der Waals surface area (Å²) in [6.45, 7) is 1.22. The number of rotatable bonds is 6. The molecule has 0 saturated carbocycles. The van der Waals surface area contributed by atoms with Crippen molar-refractivity contribution in [3.05, 3.63) is 71.8 Å². The van der Waals surface area contributed by atoms with Gasteiger partial charge in [-0.1, -0.05) is 60.7 Å². The number of nitrogens with zero attached hydrogens (tertiary/aromatic N) is 1. The summed E-state index contributed by atoms with van der Waals surface area (Å²) in [4.78, 5) is 14.0. The third-order valence-electron chi connectivity index (χ3n) is 3.28. The van der Waals surface area contributed by atoms with Crippen LogP contribution in [0.1, 0.15) is 17.2 Å². The van der Waals surface area contributed by atoms with Gasteiger partial charge in [-0.3, -0.25) is 4.79 Å². The molecule has 21 heavy (non-hydrogen) atoms. The topological polar surface area (TPSA) is 66.6 Å². The number of hydrogen-bond donors (Lipinski definition) is 2. The minimum absolute atomic E-state index is 0.324. The highest BCUT2D eigenvalue weighted by Gasteiger charge is 2.23. The fraction of sp³-hybridized carbons (Fsp3) is 0.235. The van der Waals surface area contributed by atoms with Crippen LogP contribution in [0.15, 0.2) is 60.7 Å². The van der Waals surface area contributed by atoms with Crippen molar-refractivity contribution in [3.8, 4) is 0 Å². The second-order valence-corrected chi connectivity index (χ2v) is 4.85. The number of benzene rings is 2. The summed E-state index contributed by atoms with van der Waals surface area (Å²) in [6, 6.07) is 18.6. The van der Waals surface area contributed by atoms with Gasteiger partial charge < -0.3 is 15.7 Å². The lowest BCUT2D eigenvalue weighted by Gasteiger charge is -2.25. The second kappa shape index (κ2) is 7.57. The molecule has 1 unspecified atom stereocenters. The van der Waals surface area contributed by atoms with Crippen molar-refractivity contribution in [1.29, 1.82) is 0 Å². The molecule has 0 bridgehead atoms. The molecule has 1 amide bonds. The van der Waals surface area contributed by atoms with E-state index in [9.17, 15) is 9.90 Å². The average Bonchev–Trinajstić information content (AvgIpc) is 2.55. The number of carbonyl (C=O) groups excluding carboxylic acids is 1. The fourth-order valence-corrected chi connectivity index (χ4v) is 2.18. The van der Waals surface area contributed by atoms with Gasteiger partial charge in [-0.25, -0.2) is 0 Å². The molecule has 0 saturated heterocycles. The van der Waals surface area contributed by atoms with Gasteiger partial charge in [0, 0.05) is 19.6 Å². The van der Waals surface area contributed by atoms with Crippen molar-refractivity contribution in [2.45, 2.75) is 12.6 Å². The summed E-state index contributed by atoms with van der Waals surface area (Å²) < 4.78 is 0. The highest BCUT2D eigenvalue weighted by molar-refractivity contribution is 5.82. The van der Waals surface area contributed by atoms with E-state index in [1.54, 1.807) is 29.2 Å². The Labute approximate surface area is 124 Å². The lowest BCUT2D eigenvalue weighted by atomic mass is 10.1. The van der Waals surface area contributed by atoms with Crippen LogP contribution in [0, 0.1) is 0 Å². The summed E-state index contributed by atoms with van der Waals surface area (Å²) in [7, 11) is 0. The Morgan fingerprint density at radius 1 is 1.05 bits per heavy atom. The van der Waals surface area contributed by atoms with Crippen LogP contribution in [-0.2, 0) is 11.3 Å². The first-order valence-corrected chi connectivity index (χ1v) is 6.98.